The topological polar surface area (TPSA) is 55.2 Å². The number of anilines is 1. The fraction of sp³-hybridized carbons (Fsp3) is 0.231. The van der Waals surface area contributed by atoms with Crippen molar-refractivity contribution in [1.82, 2.24) is 0 Å². The zero-order valence-corrected chi connectivity index (χ0v) is 11.2. The lowest BCUT2D eigenvalue weighted by Gasteiger charge is -2.04. The van der Waals surface area contributed by atoms with Gasteiger partial charge in [0.15, 0.2) is 0 Å². The summed E-state index contributed by atoms with van der Waals surface area (Å²) in [7, 11) is 0. The minimum atomic E-state index is -0.824. The molecule has 2 rings (SSSR count). The summed E-state index contributed by atoms with van der Waals surface area (Å²) in [6.45, 7) is 2.68. The fourth-order valence-corrected chi connectivity index (χ4v) is 2.56. The van der Waals surface area contributed by atoms with E-state index < -0.39 is 16.4 Å². The van der Waals surface area contributed by atoms with Crippen LogP contribution in [0.4, 0.5) is 15.8 Å². The highest BCUT2D eigenvalue weighted by Crippen LogP contribution is 2.22. The molecule has 19 heavy (non-hydrogen) atoms. The number of rotatable bonds is 5. The van der Waals surface area contributed by atoms with Crippen molar-refractivity contribution in [2.24, 2.45) is 0 Å². The summed E-state index contributed by atoms with van der Waals surface area (Å²) in [4.78, 5) is 12.2. The van der Waals surface area contributed by atoms with Crippen molar-refractivity contribution in [3.8, 4) is 0 Å². The van der Waals surface area contributed by atoms with Crippen molar-refractivity contribution in [3.63, 3.8) is 0 Å². The molecule has 100 valence electrons. The van der Waals surface area contributed by atoms with Crippen LogP contribution in [0.15, 0.2) is 30.3 Å². The maximum atomic E-state index is 13.4. The molecule has 1 heterocycles. The molecule has 0 aliphatic heterocycles. The van der Waals surface area contributed by atoms with Crippen LogP contribution in [-0.4, -0.2) is 4.92 Å². The van der Waals surface area contributed by atoms with Gasteiger partial charge in [0.1, 0.15) is 0 Å². The number of nitro groups is 1. The van der Waals surface area contributed by atoms with E-state index in [4.69, 9.17) is 0 Å². The van der Waals surface area contributed by atoms with Crippen LogP contribution in [0.5, 0.6) is 0 Å². The van der Waals surface area contributed by atoms with Crippen molar-refractivity contribution < 1.29 is 9.31 Å². The van der Waals surface area contributed by atoms with Gasteiger partial charge in [-0.3, -0.25) is 10.1 Å². The van der Waals surface area contributed by atoms with E-state index in [2.05, 4.69) is 18.3 Å². The molecule has 0 fully saturated rings. The quantitative estimate of drug-likeness (QED) is 0.666. The number of thiophene rings is 1. The molecule has 1 aromatic heterocycles. The maximum absolute atomic E-state index is 13.4. The lowest BCUT2D eigenvalue weighted by atomic mass is 10.2. The van der Waals surface area contributed by atoms with Crippen LogP contribution in [0, 0.1) is 15.9 Å². The highest BCUT2D eigenvalue weighted by atomic mass is 32.1. The van der Waals surface area contributed by atoms with Crippen LogP contribution in [0.1, 0.15) is 16.7 Å². The predicted octanol–water partition coefficient (Wildman–Crippen LogP) is 3.97. The van der Waals surface area contributed by atoms with Crippen molar-refractivity contribution >= 4 is 22.7 Å². The Balaban J connectivity index is 2.03. The molecule has 4 nitrogen and oxygen atoms in total. The average molecular weight is 280 g/mol. The number of nitrogens with one attached hydrogen (secondary N) is 1. The molecule has 0 aliphatic carbocycles. The summed E-state index contributed by atoms with van der Waals surface area (Å²) in [5.74, 6) is -0.824. The van der Waals surface area contributed by atoms with Gasteiger partial charge in [-0.05, 0) is 24.6 Å². The molecule has 6 heteroatoms. The van der Waals surface area contributed by atoms with Gasteiger partial charge in [-0.1, -0.05) is 6.92 Å². The van der Waals surface area contributed by atoms with Crippen LogP contribution in [0.25, 0.3) is 0 Å². The molecule has 0 saturated heterocycles. The Morgan fingerprint density at radius 3 is 2.63 bits per heavy atom. The Labute approximate surface area is 114 Å². The molecule has 0 aliphatic rings. The second-order valence-electron chi connectivity index (χ2n) is 4.00. The van der Waals surface area contributed by atoms with Gasteiger partial charge in [0.2, 0.25) is 5.82 Å². The number of nitrogens with zero attached hydrogens (tertiary/aromatic N) is 1. The van der Waals surface area contributed by atoms with Crippen LogP contribution in [0.2, 0.25) is 0 Å². The Morgan fingerprint density at radius 2 is 2.05 bits per heavy atom. The van der Waals surface area contributed by atoms with Crippen LogP contribution in [0.3, 0.4) is 0 Å². The van der Waals surface area contributed by atoms with E-state index in [1.807, 2.05) is 6.07 Å². The lowest BCUT2D eigenvalue weighted by molar-refractivity contribution is -0.387. The first-order chi connectivity index (χ1) is 9.10. The average Bonchev–Trinajstić information content (AvgIpc) is 2.84. The molecule has 1 N–H and O–H groups in total. The van der Waals surface area contributed by atoms with Gasteiger partial charge in [-0.25, -0.2) is 0 Å². The normalized spacial score (nSPS) is 10.4. The summed E-state index contributed by atoms with van der Waals surface area (Å²) in [5, 5.41) is 13.5. The highest BCUT2D eigenvalue weighted by Gasteiger charge is 2.13. The van der Waals surface area contributed by atoms with E-state index in [1.165, 1.54) is 17.0 Å². The zero-order chi connectivity index (χ0) is 13.8. The zero-order valence-electron chi connectivity index (χ0n) is 10.4. The molecule has 0 amide bonds. The minimum Gasteiger partial charge on any atom is -0.380 e. The molecule has 2 aromatic rings. The Kier molecular flexibility index (Phi) is 4.11. The van der Waals surface area contributed by atoms with Crippen LogP contribution < -0.4 is 5.32 Å². The molecular weight excluding hydrogens is 267 g/mol. The Morgan fingerprint density at radius 1 is 1.32 bits per heavy atom. The van der Waals surface area contributed by atoms with Gasteiger partial charge in [-0.15, -0.1) is 11.3 Å². The van der Waals surface area contributed by atoms with Crippen molar-refractivity contribution in [3.05, 3.63) is 56.0 Å². The number of halogens is 1. The van der Waals surface area contributed by atoms with Gasteiger partial charge < -0.3 is 5.32 Å². The first kappa shape index (κ1) is 13.5. The SMILES string of the molecule is CCc1ccc(CNc2ccc([N+](=O)[O-])c(F)c2)s1. The third-order valence-electron chi connectivity index (χ3n) is 2.68. The number of benzene rings is 1. The van der Waals surface area contributed by atoms with Gasteiger partial charge in [-0.2, -0.15) is 4.39 Å². The minimum absolute atomic E-state index is 0.505. The second-order valence-corrected chi connectivity index (χ2v) is 5.25. The van der Waals surface area contributed by atoms with E-state index in [0.29, 0.717) is 12.2 Å². The van der Waals surface area contributed by atoms with Gasteiger partial charge in [0, 0.05) is 34.1 Å². The summed E-state index contributed by atoms with van der Waals surface area (Å²) in [6.07, 6.45) is 0.997. The van der Waals surface area contributed by atoms with Crippen molar-refractivity contribution in [1.29, 1.82) is 0 Å². The Bertz CT molecular complexity index is 598. The summed E-state index contributed by atoms with van der Waals surface area (Å²) < 4.78 is 13.4. The number of nitro benzene ring substituents is 1. The molecule has 0 unspecified atom stereocenters. The standard InChI is InChI=1S/C13H13FN2O2S/c1-2-10-4-5-11(19-10)8-15-9-3-6-13(16(17)18)12(14)7-9/h3-7,15H,2,8H2,1H3. The monoisotopic (exact) mass is 280 g/mol. The van der Waals surface area contributed by atoms with E-state index in [0.717, 1.165) is 17.4 Å². The number of hydrogen-bond acceptors (Lipinski definition) is 4. The lowest BCUT2D eigenvalue weighted by Crippen LogP contribution is -1.99. The van der Waals surface area contributed by atoms with Crippen LogP contribution in [-0.2, 0) is 13.0 Å². The largest absolute Gasteiger partial charge is 0.380 e. The fourth-order valence-electron chi connectivity index (χ4n) is 1.66. The molecular formula is C13H13FN2O2S. The predicted molar refractivity (Wildman–Crippen MR) is 74.1 cm³/mol. The van der Waals surface area contributed by atoms with E-state index in [1.54, 1.807) is 11.3 Å². The summed E-state index contributed by atoms with van der Waals surface area (Å²) >= 11 is 1.70. The smallest absolute Gasteiger partial charge is 0.304 e. The van der Waals surface area contributed by atoms with Crippen molar-refractivity contribution in [2.75, 3.05) is 5.32 Å². The van der Waals surface area contributed by atoms with E-state index in [9.17, 15) is 14.5 Å². The van der Waals surface area contributed by atoms with Gasteiger partial charge in [0.25, 0.3) is 0 Å². The molecule has 0 radical (unpaired) electrons. The summed E-state index contributed by atoms with van der Waals surface area (Å²) in [5.41, 5.74) is 0.0319. The molecule has 0 spiro atoms. The molecule has 1 aromatic carbocycles. The first-order valence-electron chi connectivity index (χ1n) is 5.85. The highest BCUT2D eigenvalue weighted by molar-refractivity contribution is 7.12. The third-order valence-corrected chi connectivity index (χ3v) is 3.91. The van der Waals surface area contributed by atoms with E-state index >= 15 is 0 Å². The Hall–Kier alpha value is -1.95. The van der Waals surface area contributed by atoms with E-state index in [-0.39, 0.29) is 0 Å². The van der Waals surface area contributed by atoms with Gasteiger partial charge in [0.05, 0.1) is 4.92 Å². The number of aryl methyl sites for hydroxylation is 1. The number of hydrogen-bond donors (Lipinski definition) is 1. The second kappa shape index (κ2) is 5.79. The van der Waals surface area contributed by atoms with Crippen molar-refractivity contribution in [2.45, 2.75) is 19.9 Å². The van der Waals surface area contributed by atoms with Crippen LogP contribution >= 0.6 is 11.3 Å². The van der Waals surface area contributed by atoms with Gasteiger partial charge >= 0.3 is 5.69 Å². The molecule has 0 saturated carbocycles. The molecule has 0 bridgehead atoms. The summed E-state index contributed by atoms with van der Waals surface area (Å²) in [6, 6.07) is 7.92. The first-order valence-corrected chi connectivity index (χ1v) is 6.67. The maximum Gasteiger partial charge on any atom is 0.304 e. The molecule has 0 atom stereocenters. The third kappa shape index (κ3) is 3.29.